The van der Waals surface area contributed by atoms with Crippen LogP contribution in [0.15, 0.2) is 94.9 Å². The van der Waals surface area contributed by atoms with Gasteiger partial charge < -0.3 is 10.1 Å². The van der Waals surface area contributed by atoms with Gasteiger partial charge in [-0.1, -0.05) is 64.1 Å². The van der Waals surface area contributed by atoms with Gasteiger partial charge in [-0.15, -0.1) is 0 Å². The standard InChI is InChI=1S/C12H10S2.C5H4N2O2/c1-3-7-11(8-4-1)13-14-12-9-5-2-6-10-12;8-7(9)5-3-1-2-4-6-5/h1-10H;1-4H. The minimum atomic E-state index is -0.528. The van der Waals surface area contributed by atoms with Crippen LogP contribution in [0.3, 0.4) is 0 Å². The van der Waals surface area contributed by atoms with Crippen molar-refractivity contribution in [2.75, 3.05) is 0 Å². The lowest BCUT2D eigenvalue weighted by atomic mass is 10.4. The number of aromatic nitrogens is 1. The Morgan fingerprint density at radius 3 is 1.57 bits per heavy atom. The molecule has 0 saturated carbocycles. The molecular weight excluding hydrogens is 328 g/mol. The van der Waals surface area contributed by atoms with Gasteiger partial charge in [0.15, 0.2) is 0 Å². The predicted molar refractivity (Wildman–Crippen MR) is 95.5 cm³/mol. The van der Waals surface area contributed by atoms with Crippen molar-refractivity contribution >= 4 is 27.4 Å². The monoisotopic (exact) mass is 342 g/mol. The van der Waals surface area contributed by atoms with Gasteiger partial charge in [0.2, 0.25) is 0 Å². The lowest BCUT2D eigenvalue weighted by molar-refractivity contribution is -0.389. The van der Waals surface area contributed by atoms with Crippen LogP contribution in [0.5, 0.6) is 0 Å². The molecule has 0 spiro atoms. The molecule has 0 amide bonds. The molecule has 0 unspecified atom stereocenters. The molecule has 1 heterocycles. The topological polar surface area (TPSA) is 56.0 Å². The van der Waals surface area contributed by atoms with Crippen molar-refractivity contribution in [2.45, 2.75) is 9.79 Å². The van der Waals surface area contributed by atoms with Crippen molar-refractivity contribution in [1.29, 1.82) is 0 Å². The fraction of sp³-hybridized carbons (Fsp3) is 0. The van der Waals surface area contributed by atoms with Crippen molar-refractivity contribution in [3.8, 4) is 0 Å². The Morgan fingerprint density at radius 2 is 1.22 bits per heavy atom. The van der Waals surface area contributed by atoms with Crippen LogP contribution >= 0.6 is 21.6 Å². The molecular formula is C17H14N2O2S2. The van der Waals surface area contributed by atoms with Gasteiger partial charge >= 0.3 is 5.82 Å². The van der Waals surface area contributed by atoms with E-state index in [0.717, 1.165) is 0 Å². The number of nitrogens with zero attached hydrogens (tertiary/aromatic N) is 2. The Balaban J connectivity index is 0.000000185. The van der Waals surface area contributed by atoms with E-state index in [0.29, 0.717) is 0 Å². The first-order valence-electron chi connectivity index (χ1n) is 6.76. The van der Waals surface area contributed by atoms with Gasteiger partial charge in [-0.05, 0) is 40.2 Å². The third-order valence-electron chi connectivity index (χ3n) is 2.56. The molecule has 23 heavy (non-hydrogen) atoms. The largest absolute Gasteiger partial charge is 0.363 e. The maximum absolute atomic E-state index is 9.94. The third-order valence-corrected chi connectivity index (χ3v) is 4.97. The first-order valence-corrected chi connectivity index (χ1v) is 8.91. The van der Waals surface area contributed by atoms with Crippen LogP contribution in [0.4, 0.5) is 5.82 Å². The fourth-order valence-corrected chi connectivity index (χ4v) is 3.48. The van der Waals surface area contributed by atoms with Crippen molar-refractivity contribution in [3.05, 3.63) is 95.2 Å². The fourth-order valence-electron chi connectivity index (χ4n) is 1.51. The zero-order valence-corrected chi connectivity index (χ0v) is 13.7. The van der Waals surface area contributed by atoms with E-state index < -0.39 is 4.92 Å². The number of hydrogen-bond donors (Lipinski definition) is 0. The summed E-state index contributed by atoms with van der Waals surface area (Å²) in [5.41, 5.74) is 0. The van der Waals surface area contributed by atoms with Gasteiger partial charge in [0.05, 0.1) is 0 Å². The molecule has 6 heteroatoms. The summed E-state index contributed by atoms with van der Waals surface area (Å²) in [7, 11) is 3.58. The smallest absolute Gasteiger partial charge is 0.358 e. The molecule has 3 rings (SSSR count). The molecule has 0 fully saturated rings. The van der Waals surface area contributed by atoms with Gasteiger partial charge in [-0.25, -0.2) is 0 Å². The number of benzene rings is 2. The predicted octanol–water partition coefficient (Wildman–Crippen LogP) is 5.48. The summed E-state index contributed by atoms with van der Waals surface area (Å²) in [5, 5.41) is 9.94. The van der Waals surface area contributed by atoms with Crippen molar-refractivity contribution in [2.24, 2.45) is 0 Å². The Bertz CT molecular complexity index is 671. The molecule has 2 aromatic carbocycles. The number of rotatable bonds is 4. The highest BCUT2D eigenvalue weighted by atomic mass is 33.1. The highest BCUT2D eigenvalue weighted by Crippen LogP contribution is 2.36. The van der Waals surface area contributed by atoms with E-state index in [4.69, 9.17) is 0 Å². The van der Waals surface area contributed by atoms with E-state index in [9.17, 15) is 10.1 Å². The Morgan fingerprint density at radius 1 is 0.739 bits per heavy atom. The second-order valence-electron chi connectivity index (χ2n) is 4.24. The van der Waals surface area contributed by atoms with Crippen LogP contribution in [-0.4, -0.2) is 9.91 Å². The SMILES string of the molecule is O=[N+]([O-])c1ccccn1.c1ccc(SSc2ccccc2)cc1. The van der Waals surface area contributed by atoms with Crippen molar-refractivity contribution in [1.82, 2.24) is 4.98 Å². The van der Waals surface area contributed by atoms with Crippen LogP contribution < -0.4 is 0 Å². The Kier molecular flexibility index (Phi) is 7.16. The molecule has 3 aromatic rings. The normalized spacial score (nSPS) is 9.57. The van der Waals surface area contributed by atoms with Crippen molar-refractivity contribution in [3.63, 3.8) is 0 Å². The summed E-state index contributed by atoms with van der Waals surface area (Å²) in [4.78, 5) is 15.5. The zero-order chi connectivity index (χ0) is 16.3. The highest BCUT2D eigenvalue weighted by Gasteiger charge is 2.00. The van der Waals surface area contributed by atoms with Gasteiger partial charge in [0, 0.05) is 15.9 Å². The molecule has 0 aliphatic carbocycles. The summed E-state index contributed by atoms with van der Waals surface area (Å²) >= 11 is 0. The summed E-state index contributed by atoms with van der Waals surface area (Å²) in [5.74, 6) is -0.113. The molecule has 0 bridgehead atoms. The first-order chi connectivity index (χ1) is 11.3. The van der Waals surface area contributed by atoms with Gasteiger partial charge in [-0.3, -0.25) is 0 Å². The molecule has 116 valence electrons. The lowest BCUT2D eigenvalue weighted by Crippen LogP contribution is -1.88. The molecule has 0 aliphatic heterocycles. The third kappa shape index (κ3) is 6.54. The van der Waals surface area contributed by atoms with E-state index in [1.165, 1.54) is 22.1 Å². The van der Waals surface area contributed by atoms with E-state index in [1.54, 1.807) is 33.7 Å². The maximum atomic E-state index is 9.94. The average Bonchev–Trinajstić information content (AvgIpc) is 2.63. The van der Waals surface area contributed by atoms with Gasteiger partial charge in [-0.2, -0.15) is 0 Å². The first kappa shape index (κ1) is 17.1. The zero-order valence-electron chi connectivity index (χ0n) is 12.1. The lowest BCUT2D eigenvalue weighted by Gasteiger charge is -1.99. The summed E-state index contributed by atoms with van der Waals surface area (Å²) in [6.07, 6.45) is 1.39. The molecule has 0 atom stereocenters. The Labute approximate surface area is 142 Å². The van der Waals surface area contributed by atoms with Crippen LogP contribution in [0.1, 0.15) is 0 Å². The molecule has 0 N–H and O–H groups in total. The summed E-state index contributed by atoms with van der Waals surface area (Å²) in [6, 6.07) is 25.4. The molecule has 0 radical (unpaired) electrons. The van der Waals surface area contributed by atoms with E-state index in [-0.39, 0.29) is 5.82 Å². The van der Waals surface area contributed by atoms with E-state index in [2.05, 4.69) is 53.5 Å². The minimum Gasteiger partial charge on any atom is -0.358 e. The second-order valence-corrected chi connectivity index (χ2v) is 6.51. The summed E-state index contributed by atoms with van der Waals surface area (Å²) in [6.45, 7) is 0. The number of hydrogen-bond acceptors (Lipinski definition) is 5. The van der Waals surface area contributed by atoms with Crippen LogP contribution in [-0.2, 0) is 0 Å². The van der Waals surface area contributed by atoms with Crippen molar-refractivity contribution < 1.29 is 4.92 Å². The molecule has 0 saturated heterocycles. The second kappa shape index (κ2) is 9.66. The average molecular weight is 342 g/mol. The number of pyridine rings is 1. The number of nitro groups is 1. The maximum Gasteiger partial charge on any atom is 0.363 e. The molecule has 0 aliphatic rings. The summed E-state index contributed by atoms with van der Waals surface area (Å²) < 4.78 is 0. The van der Waals surface area contributed by atoms with E-state index in [1.807, 2.05) is 12.1 Å². The van der Waals surface area contributed by atoms with E-state index >= 15 is 0 Å². The molecule has 4 nitrogen and oxygen atoms in total. The van der Waals surface area contributed by atoms with Gasteiger partial charge in [0.25, 0.3) is 0 Å². The van der Waals surface area contributed by atoms with Crippen LogP contribution in [0.25, 0.3) is 0 Å². The van der Waals surface area contributed by atoms with Gasteiger partial charge in [0.1, 0.15) is 6.20 Å². The minimum absolute atomic E-state index is 0.113. The van der Waals surface area contributed by atoms with Crippen LogP contribution in [0, 0.1) is 10.1 Å². The Hall–Kier alpha value is -2.31. The van der Waals surface area contributed by atoms with Crippen LogP contribution in [0.2, 0.25) is 0 Å². The highest BCUT2D eigenvalue weighted by molar-refractivity contribution is 8.76. The quantitative estimate of drug-likeness (QED) is 0.357. The molecule has 1 aromatic heterocycles.